The standard InChI is InChI=1S/C13H9ClN2O3/c14-13-6-3-11(16(18)19)7-9(13)8-15-10-1-4-12(17)5-2-10/h1-8,17H/b15-8+. The molecule has 0 aromatic heterocycles. The molecule has 0 heterocycles. The van der Waals surface area contributed by atoms with Gasteiger partial charge < -0.3 is 5.11 Å². The van der Waals surface area contributed by atoms with Crippen molar-refractivity contribution in [1.29, 1.82) is 0 Å². The number of aliphatic imine (C=N–C) groups is 1. The van der Waals surface area contributed by atoms with Gasteiger partial charge in [0.05, 0.1) is 10.6 Å². The van der Waals surface area contributed by atoms with Gasteiger partial charge in [-0.1, -0.05) is 11.6 Å². The number of phenols is 1. The third-order valence-corrected chi connectivity index (χ3v) is 2.74. The van der Waals surface area contributed by atoms with E-state index in [1.54, 1.807) is 12.1 Å². The van der Waals surface area contributed by atoms with Crippen LogP contribution in [0.3, 0.4) is 0 Å². The molecule has 2 rings (SSSR count). The summed E-state index contributed by atoms with van der Waals surface area (Å²) in [5.41, 5.74) is 1.03. The Kier molecular flexibility index (Phi) is 3.77. The largest absolute Gasteiger partial charge is 0.508 e. The molecule has 0 fully saturated rings. The van der Waals surface area contributed by atoms with E-state index in [2.05, 4.69) is 4.99 Å². The molecule has 5 nitrogen and oxygen atoms in total. The predicted molar refractivity (Wildman–Crippen MR) is 73.5 cm³/mol. The Labute approximate surface area is 113 Å². The third kappa shape index (κ3) is 3.29. The van der Waals surface area contributed by atoms with Crippen LogP contribution in [0.25, 0.3) is 0 Å². The molecule has 0 atom stereocenters. The Hall–Kier alpha value is -2.40. The first-order chi connectivity index (χ1) is 9.06. The molecule has 0 saturated heterocycles. The summed E-state index contributed by atoms with van der Waals surface area (Å²) in [7, 11) is 0. The summed E-state index contributed by atoms with van der Waals surface area (Å²) < 4.78 is 0. The predicted octanol–water partition coefficient (Wildman–Crippen LogP) is 3.70. The molecule has 0 amide bonds. The van der Waals surface area contributed by atoms with Crippen molar-refractivity contribution in [2.45, 2.75) is 0 Å². The van der Waals surface area contributed by atoms with Crippen molar-refractivity contribution in [3.05, 3.63) is 63.2 Å². The summed E-state index contributed by atoms with van der Waals surface area (Å²) in [6, 6.07) is 10.4. The highest BCUT2D eigenvalue weighted by atomic mass is 35.5. The number of hydrogen-bond acceptors (Lipinski definition) is 4. The van der Waals surface area contributed by atoms with E-state index in [-0.39, 0.29) is 11.4 Å². The van der Waals surface area contributed by atoms with E-state index in [4.69, 9.17) is 16.7 Å². The van der Waals surface area contributed by atoms with Gasteiger partial charge in [-0.25, -0.2) is 0 Å². The van der Waals surface area contributed by atoms with Gasteiger partial charge >= 0.3 is 0 Å². The van der Waals surface area contributed by atoms with Gasteiger partial charge in [-0.3, -0.25) is 15.1 Å². The van der Waals surface area contributed by atoms with Crippen LogP contribution in [-0.4, -0.2) is 16.2 Å². The number of hydrogen-bond donors (Lipinski definition) is 1. The average molecular weight is 277 g/mol. The summed E-state index contributed by atoms with van der Waals surface area (Å²) in [5, 5.41) is 20.2. The maximum Gasteiger partial charge on any atom is 0.270 e. The molecule has 0 aliphatic rings. The molecule has 0 radical (unpaired) electrons. The van der Waals surface area contributed by atoms with Crippen LogP contribution in [-0.2, 0) is 0 Å². The molecule has 0 saturated carbocycles. The molecule has 0 aliphatic carbocycles. The van der Waals surface area contributed by atoms with E-state index in [1.165, 1.54) is 36.5 Å². The van der Waals surface area contributed by atoms with E-state index in [0.717, 1.165) is 0 Å². The summed E-state index contributed by atoms with van der Waals surface area (Å²) in [4.78, 5) is 14.3. The normalized spacial score (nSPS) is 10.8. The van der Waals surface area contributed by atoms with Gasteiger partial charge in [-0.15, -0.1) is 0 Å². The van der Waals surface area contributed by atoms with Gasteiger partial charge in [0, 0.05) is 28.9 Å². The van der Waals surface area contributed by atoms with Crippen LogP contribution in [0.1, 0.15) is 5.56 Å². The third-order valence-electron chi connectivity index (χ3n) is 2.39. The second-order valence-corrected chi connectivity index (χ2v) is 4.14. The fraction of sp³-hybridized carbons (Fsp3) is 0. The summed E-state index contributed by atoms with van der Waals surface area (Å²) in [6.07, 6.45) is 1.45. The van der Waals surface area contributed by atoms with Gasteiger partial charge in [0.2, 0.25) is 0 Å². The minimum atomic E-state index is -0.492. The van der Waals surface area contributed by atoms with Crippen molar-refractivity contribution in [3.8, 4) is 5.75 Å². The fourth-order valence-electron chi connectivity index (χ4n) is 1.43. The van der Waals surface area contributed by atoms with Crippen LogP contribution < -0.4 is 0 Å². The number of rotatable bonds is 3. The van der Waals surface area contributed by atoms with Crippen molar-refractivity contribution in [2.24, 2.45) is 4.99 Å². The van der Waals surface area contributed by atoms with Crippen LogP contribution in [0.15, 0.2) is 47.5 Å². The molecule has 0 bridgehead atoms. The number of non-ortho nitro benzene ring substituents is 1. The summed E-state index contributed by atoms with van der Waals surface area (Å²) >= 11 is 5.94. The SMILES string of the molecule is O=[N+]([O-])c1ccc(Cl)c(/C=N/c2ccc(O)cc2)c1. The minimum absolute atomic E-state index is 0.0449. The van der Waals surface area contributed by atoms with Crippen LogP contribution in [0.4, 0.5) is 11.4 Å². The van der Waals surface area contributed by atoms with Crippen molar-refractivity contribution in [2.75, 3.05) is 0 Å². The van der Waals surface area contributed by atoms with Crippen molar-refractivity contribution in [1.82, 2.24) is 0 Å². The lowest BCUT2D eigenvalue weighted by atomic mass is 10.2. The first kappa shape index (κ1) is 13.0. The number of aromatic hydroxyl groups is 1. The number of benzene rings is 2. The molecule has 1 N–H and O–H groups in total. The van der Waals surface area contributed by atoms with E-state index in [0.29, 0.717) is 16.3 Å². The smallest absolute Gasteiger partial charge is 0.270 e. The second-order valence-electron chi connectivity index (χ2n) is 3.74. The van der Waals surface area contributed by atoms with Gasteiger partial charge in [0.25, 0.3) is 5.69 Å². The molecular weight excluding hydrogens is 268 g/mol. The lowest BCUT2D eigenvalue weighted by molar-refractivity contribution is -0.384. The van der Waals surface area contributed by atoms with Crippen molar-refractivity contribution < 1.29 is 10.0 Å². The highest BCUT2D eigenvalue weighted by Crippen LogP contribution is 2.22. The number of nitrogens with zero attached hydrogens (tertiary/aromatic N) is 2. The molecule has 6 heteroatoms. The van der Waals surface area contributed by atoms with Crippen molar-refractivity contribution in [3.63, 3.8) is 0 Å². The van der Waals surface area contributed by atoms with Crippen LogP contribution in [0.2, 0.25) is 5.02 Å². The number of phenolic OH excluding ortho intramolecular Hbond substituents is 1. The zero-order valence-corrected chi connectivity index (χ0v) is 10.4. The Balaban J connectivity index is 2.29. The zero-order chi connectivity index (χ0) is 13.8. The van der Waals surface area contributed by atoms with Crippen molar-refractivity contribution >= 4 is 29.2 Å². The Morgan fingerprint density at radius 2 is 1.89 bits per heavy atom. The summed E-state index contributed by atoms with van der Waals surface area (Å²) in [5.74, 6) is 0.146. The molecule has 0 aliphatic heterocycles. The van der Waals surface area contributed by atoms with Crippen LogP contribution >= 0.6 is 11.6 Å². The van der Waals surface area contributed by atoms with Gasteiger partial charge in [-0.2, -0.15) is 0 Å². The monoisotopic (exact) mass is 276 g/mol. The minimum Gasteiger partial charge on any atom is -0.508 e. The Morgan fingerprint density at radius 3 is 2.53 bits per heavy atom. The summed E-state index contributed by atoms with van der Waals surface area (Å²) in [6.45, 7) is 0. The Bertz CT molecular complexity index is 639. The molecular formula is C13H9ClN2O3. The Morgan fingerprint density at radius 1 is 1.21 bits per heavy atom. The fourth-order valence-corrected chi connectivity index (χ4v) is 1.59. The number of nitro benzene ring substituents is 1. The topological polar surface area (TPSA) is 75.7 Å². The number of nitro groups is 1. The maximum atomic E-state index is 10.7. The van der Waals surface area contributed by atoms with Gasteiger partial charge in [0.15, 0.2) is 0 Å². The average Bonchev–Trinajstić information content (AvgIpc) is 2.39. The highest BCUT2D eigenvalue weighted by molar-refractivity contribution is 6.33. The van der Waals surface area contributed by atoms with Gasteiger partial charge in [-0.05, 0) is 30.3 Å². The molecule has 96 valence electrons. The van der Waals surface area contributed by atoms with E-state index in [9.17, 15) is 10.1 Å². The van der Waals surface area contributed by atoms with Crippen LogP contribution in [0, 0.1) is 10.1 Å². The van der Waals surface area contributed by atoms with E-state index < -0.39 is 4.92 Å². The first-order valence-corrected chi connectivity index (χ1v) is 5.71. The molecule has 0 spiro atoms. The zero-order valence-electron chi connectivity index (χ0n) is 9.65. The number of halogens is 1. The molecule has 2 aromatic carbocycles. The first-order valence-electron chi connectivity index (χ1n) is 5.33. The van der Waals surface area contributed by atoms with Crippen LogP contribution in [0.5, 0.6) is 5.75 Å². The lowest BCUT2D eigenvalue weighted by Crippen LogP contribution is -1.90. The van der Waals surface area contributed by atoms with E-state index >= 15 is 0 Å². The lowest BCUT2D eigenvalue weighted by Gasteiger charge is -1.98. The quantitative estimate of drug-likeness (QED) is 0.527. The van der Waals surface area contributed by atoms with Gasteiger partial charge in [0.1, 0.15) is 5.75 Å². The van der Waals surface area contributed by atoms with E-state index in [1.807, 2.05) is 0 Å². The molecule has 2 aromatic rings. The molecule has 0 unspecified atom stereocenters. The highest BCUT2D eigenvalue weighted by Gasteiger charge is 2.08. The molecule has 19 heavy (non-hydrogen) atoms. The second kappa shape index (κ2) is 5.49. The maximum absolute atomic E-state index is 10.7.